The number of aryl methyl sites for hydroxylation is 1. The first-order valence-electron chi connectivity index (χ1n) is 6.18. The Balaban J connectivity index is 2.31. The summed E-state index contributed by atoms with van der Waals surface area (Å²) in [7, 11) is 0. The Labute approximate surface area is 125 Å². The number of nitrogens with two attached hydrogens (primary N) is 1. The third-order valence-corrected chi connectivity index (χ3v) is 3.70. The van der Waals surface area contributed by atoms with Crippen molar-refractivity contribution >= 4 is 15.9 Å². The van der Waals surface area contributed by atoms with Crippen molar-refractivity contribution in [2.45, 2.75) is 19.4 Å². The van der Waals surface area contributed by atoms with Crippen molar-refractivity contribution in [3.05, 3.63) is 69.2 Å². The zero-order valence-corrected chi connectivity index (χ0v) is 12.5. The van der Waals surface area contributed by atoms with E-state index in [1.54, 1.807) is 12.1 Å². The van der Waals surface area contributed by atoms with Crippen LogP contribution >= 0.6 is 15.9 Å². The average molecular weight is 341 g/mol. The molecule has 106 valence electrons. The molecule has 0 fully saturated rings. The second-order valence-corrected chi connectivity index (χ2v) is 5.57. The Morgan fingerprint density at radius 1 is 1.20 bits per heavy atom. The van der Waals surface area contributed by atoms with Crippen LogP contribution in [-0.4, -0.2) is 0 Å². The first-order chi connectivity index (χ1) is 9.52. The minimum atomic E-state index is -0.844. The van der Waals surface area contributed by atoms with Crippen LogP contribution in [0.3, 0.4) is 0 Å². The molecule has 0 saturated heterocycles. The van der Waals surface area contributed by atoms with Gasteiger partial charge in [-0.25, -0.2) is 8.78 Å². The highest BCUT2D eigenvalue weighted by molar-refractivity contribution is 9.10. The molecule has 0 aromatic heterocycles. The van der Waals surface area contributed by atoms with E-state index in [9.17, 15) is 8.78 Å². The van der Waals surface area contributed by atoms with Gasteiger partial charge in [0, 0.05) is 10.0 Å². The minimum absolute atomic E-state index is 0.232. The van der Waals surface area contributed by atoms with Crippen molar-refractivity contribution in [1.29, 1.82) is 0 Å². The van der Waals surface area contributed by atoms with E-state index in [4.69, 9.17) is 5.84 Å². The Hall–Kier alpha value is -1.30. The molecule has 2 nitrogen and oxygen atoms in total. The Bertz CT molecular complexity index is 617. The lowest BCUT2D eigenvalue weighted by Crippen LogP contribution is -2.30. The van der Waals surface area contributed by atoms with Gasteiger partial charge in [-0.3, -0.25) is 11.3 Å². The molecule has 5 heteroatoms. The van der Waals surface area contributed by atoms with E-state index in [-0.39, 0.29) is 11.1 Å². The zero-order valence-electron chi connectivity index (χ0n) is 11.0. The predicted molar refractivity (Wildman–Crippen MR) is 79.0 cm³/mol. The molecule has 2 aromatic rings. The lowest BCUT2D eigenvalue weighted by atomic mass is 9.97. The molecule has 3 N–H and O–H groups in total. The summed E-state index contributed by atoms with van der Waals surface area (Å²) in [6.07, 6.45) is 0.468. The van der Waals surface area contributed by atoms with Gasteiger partial charge in [-0.05, 0) is 36.6 Å². The maximum atomic E-state index is 14.0. The Kier molecular flexibility index (Phi) is 4.86. The average Bonchev–Trinajstić information content (AvgIpc) is 2.43. The van der Waals surface area contributed by atoms with Crippen LogP contribution in [0.2, 0.25) is 0 Å². The molecule has 0 aliphatic rings. The fourth-order valence-electron chi connectivity index (χ4n) is 2.09. The second-order valence-electron chi connectivity index (χ2n) is 4.65. The minimum Gasteiger partial charge on any atom is -0.271 e. The lowest BCUT2D eigenvalue weighted by Gasteiger charge is -2.18. The van der Waals surface area contributed by atoms with Crippen LogP contribution in [0.25, 0.3) is 0 Å². The molecular formula is C15H15BrF2N2. The molecule has 1 atom stereocenters. The van der Waals surface area contributed by atoms with Crippen LogP contribution in [0.1, 0.15) is 22.7 Å². The van der Waals surface area contributed by atoms with Gasteiger partial charge >= 0.3 is 0 Å². The monoisotopic (exact) mass is 340 g/mol. The molecule has 0 aliphatic carbocycles. The molecule has 2 aromatic carbocycles. The molecule has 1 unspecified atom stereocenters. The summed E-state index contributed by atoms with van der Waals surface area (Å²) >= 11 is 3.38. The molecule has 0 radical (unpaired) electrons. The highest BCUT2D eigenvalue weighted by Crippen LogP contribution is 2.25. The summed E-state index contributed by atoms with van der Waals surface area (Å²) in [5.41, 5.74) is 4.04. The van der Waals surface area contributed by atoms with Crippen LogP contribution in [0, 0.1) is 18.6 Å². The highest BCUT2D eigenvalue weighted by Gasteiger charge is 2.19. The molecule has 0 spiro atoms. The summed E-state index contributed by atoms with van der Waals surface area (Å²) < 4.78 is 28.6. The standard InChI is InChI=1S/C15H15BrF2N2/c1-9-5-6-12(15(18)14(9)17)13(20-19)8-10-3-2-4-11(16)7-10/h2-7,13,20H,8,19H2,1H3. The molecule has 0 aliphatic heterocycles. The third kappa shape index (κ3) is 3.23. The molecule has 0 bridgehead atoms. The number of halogens is 3. The van der Waals surface area contributed by atoms with Crippen LogP contribution < -0.4 is 11.3 Å². The van der Waals surface area contributed by atoms with Gasteiger partial charge in [-0.15, -0.1) is 0 Å². The fraction of sp³-hybridized carbons (Fsp3) is 0.200. The predicted octanol–water partition coefficient (Wildman–Crippen LogP) is 3.78. The Morgan fingerprint density at radius 2 is 1.95 bits per heavy atom. The van der Waals surface area contributed by atoms with E-state index in [1.807, 2.05) is 24.3 Å². The fourth-order valence-corrected chi connectivity index (χ4v) is 2.54. The number of nitrogens with one attached hydrogen (secondary N) is 1. The van der Waals surface area contributed by atoms with Crippen LogP contribution in [0.4, 0.5) is 8.78 Å². The highest BCUT2D eigenvalue weighted by atomic mass is 79.9. The topological polar surface area (TPSA) is 38.0 Å². The van der Waals surface area contributed by atoms with Crippen LogP contribution in [0.5, 0.6) is 0 Å². The number of hydrogen-bond acceptors (Lipinski definition) is 2. The van der Waals surface area contributed by atoms with E-state index in [0.717, 1.165) is 10.0 Å². The third-order valence-electron chi connectivity index (χ3n) is 3.21. The second kappa shape index (κ2) is 6.43. The maximum Gasteiger partial charge on any atom is 0.163 e. The number of rotatable bonds is 4. The summed E-state index contributed by atoms with van der Waals surface area (Å²) in [4.78, 5) is 0. The normalized spacial score (nSPS) is 12.4. The molecule has 0 amide bonds. The molecular weight excluding hydrogens is 326 g/mol. The maximum absolute atomic E-state index is 14.0. The number of hydrogen-bond donors (Lipinski definition) is 2. The van der Waals surface area contributed by atoms with Gasteiger partial charge in [0.25, 0.3) is 0 Å². The van der Waals surface area contributed by atoms with Crippen molar-refractivity contribution in [1.82, 2.24) is 5.43 Å². The first kappa shape index (κ1) is 15.1. The van der Waals surface area contributed by atoms with Gasteiger partial charge in [0.1, 0.15) is 0 Å². The molecule has 20 heavy (non-hydrogen) atoms. The van der Waals surface area contributed by atoms with Crippen molar-refractivity contribution in [3.63, 3.8) is 0 Å². The quantitative estimate of drug-likeness (QED) is 0.656. The van der Waals surface area contributed by atoms with Crippen molar-refractivity contribution in [2.24, 2.45) is 5.84 Å². The Morgan fingerprint density at radius 3 is 2.60 bits per heavy atom. The van der Waals surface area contributed by atoms with Gasteiger partial charge in [-0.1, -0.05) is 40.2 Å². The van der Waals surface area contributed by atoms with Crippen molar-refractivity contribution in [3.8, 4) is 0 Å². The van der Waals surface area contributed by atoms with E-state index in [1.165, 1.54) is 6.92 Å². The molecule has 0 heterocycles. The van der Waals surface area contributed by atoms with Gasteiger partial charge in [-0.2, -0.15) is 0 Å². The summed E-state index contributed by atoms with van der Waals surface area (Å²) in [5.74, 6) is 3.83. The zero-order chi connectivity index (χ0) is 14.7. The number of benzene rings is 2. The SMILES string of the molecule is Cc1ccc(C(Cc2cccc(Br)c2)NN)c(F)c1F. The summed E-state index contributed by atoms with van der Waals surface area (Å²) in [5, 5.41) is 0. The number of hydrazine groups is 1. The van der Waals surface area contributed by atoms with Crippen molar-refractivity contribution < 1.29 is 8.78 Å². The lowest BCUT2D eigenvalue weighted by molar-refractivity contribution is 0.461. The summed E-state index contributed by atoms with van der Waals surface area (Å²) in [6.45, 7) is 1.53. The first-order valence-corrected chi connectivity index (χ1v) is 6.97. The van der Waals surface area contributed by atoms with Gasteiger partial charge in [0.15, 0.2) is 11.6 Å². The molecule has 0 saturated carbocycles. The van der Waals surface area contributed by atoms with E-state index < -0.39 is 17.7 Å². The van der Waals surface area contributed by atoms with Gasteiger partial charge in [0.2, 0.25) is 0 Å². The van der Waals surface area contributed by atoms with Gasteiger partial charge in [0.05, 0.1) is 6.04 Å². The molecule has 2 rings (SSSR count). The van der Waals surface area contributed by atoms with Crippen LogP contribution in [0.15, 0.2) is 40.9 Å². The van der Waals surface area contributed by atoms with E-state index in [2.05, 4.69) is 21.4 Å². The van der Waals surface area contributed by atoms with Crippen molar-refractivity contribution in [2.75, 3.05) is 0 Å². The van der Waals surface area contributed by atoms with E-state index >= 15 is 0 Å². The summed E-state index contributed by atoms with van der Waals surface area (Å²) in [6, 6.07) is 10.3. The smallest absolute Gasteiger partial charge is 0.163 e. The largest absolute Gasteiger partial charge is 0.271 e. The van der Waals surface area contributed by atoms with Gasteiger partial charge < -0.3 is 0 Å². The van der Waals surface area contributed by atoms with Crippen LogP contribution in [-0.2, 0) is 6.42 Å². The van der Waals surface area contributed by atoms with E-state index in [0.29, 0.717) is 6.42 Å².